The van der Waals surface area contributed by atoms with Crippen molar-refractivity contribution < 1.29 is 14.7 Å². The largest absolute Gasteiger partial charge is 0.480 e. The van der Waals surface area contributed by atoms with Gasteiger partial charge in [0.15, 0.2) is 0 Å². The number of aliphatic carboxylic acids is 1. The fourth-order valence-electron chi connectivity index (χ4n) is 2.16. The summed E-state index contributed by atoms with van der Waals surface area (Å²) < 4.78 is 0. The van der Waals surface area contributed by atoms with Crippen LogP contribution in [0.25, 0.3) is 0 Å². The Hall–Kier alpha value is -2.21. The molecular weight excluding hydrogens is 300 g/mol. The molecule has 6 heteroatoms. The Bertz CT molecular complexity index is 682. The van der Waals surface area contributed by atoms with E-state index in [1.807, 2.05) is 44.2 Å². The number of carboxylic acid groups (broad SMARTS) is 1. The van der Waals surface area contributed by atoms with Crippen LogP contribution in [-0.2, 0) is 11.3 Å². The molecule has 1 amide bonds. The average molecular weight is 318 g/mol. The lowest BCUT2D eigenvalue weighted by Gasteiger charge is -2.26. The van der Waals surface area contributed by atoms with Gasteiger partial charge in [-0.1, -0.05) is 30.3 Å². The number of carbonyl (C=O) groups is 2. The van der Waals surface area contributed by atoms with E-state index in [1.54, 1.807) is 0 Å². The van der Waals surface area contributed by atoms with Gasteiger partial charge in [0.1, 0.15) is 11.7 Å². The topological polar surface area (TPSA) is 70.5 Å². The summed E-state index contributed by atoms with van der Waals surface area (Å²) >= 11 is 1.44. The first-order valence-corrected chi connectivity index (χ1v) is 7.73. The maximum atomic E-state index is 12.7. The van der Waals surface area contributed by atoms with Crippen molar-refractivity contribution in [1.29, 1.82) is 0 Å². The summed E-state index contributed by atoms with van der Waals surface area (Å²) in [6.07, 6.45) is 0. The van der Waals surface area contributed by atoms with E-state index in [9.17, 15) is 14.7 Å². The zero-order valence-electron chi connectivity index (χ0n) is 12.7. The van der Waals surface area contributed by atoms with Crippen LogP contribution in [0.3, 0.4) is 0 Å². The molecule has 0 saturated carbocycles. The second-order valence-electron chi connectivity index (χ2n) is 5.07. The molecule has 0 aliphatic carbocycles. The van der Waals surface area contributed by atoms with E-state index in [1.165, 1.54) is 23.2 Å². The van der Waals surface area contributed by atoms with Gasteiger partial charge < -0.3 is 10.0 Å². The van der Waals surface area contributed by atoms with Gasteiger partial charge in [0.2, 0.25) is 0 Å². The molecular formula is C16H18N2O3S. The molecule has 1 N–H and O–H groups in total. The number of aryl methyl sites for hydroxylation is 2. The minimum atomic E-state index is -1.03. The lowest BCUT2D eigenvalue weighted by atomic mass is 10.1. The molecule has 2 aromatic rings. The number of carboxylic acids is 1. The lowest BCUT2D eigenvalue weighted by molar-refractivity contribution is -0.141. The fraction of sp³-hybridized carbons (Fsp3) is 0.312. The third-order valence-electron chi connectivity index (χ3n) is 3.39. The van der Waals surface area contributed by atoms with Gasteiger partial charge in [-0.2, -0.15) is 0 Å². The molecule has 1 aromatic heterocycles. The molecule has 2 rings (SSSR count). The highest BCUT2D eigenvalue weighted by Gasteiger charge is 2.29. The predicted octanol–water partition coefficient (Wildman–Crippen LogP) is 2.88. The average Bonchev–Trinajstić information content (AvgIpc) is 2.83. The van der Waals surface area contributed by atoms with Crippen LogP contribution in [0.4, 0.5) is 0 Å². The normalized spacial score (nSPS) is 12.0. The zero-order chi connectivity index (χ0) is 16.3. The van der Waals surface area contributed by atoms with E-state index < -0.39 is 12.0 Å². The number of hydrogen-bond acceptors (Lipinski definition) is 4. The number of aromatic nitrogens is 1. The molecule has 1 heterocycles. The monoisotopic (exact) mass is 318 g/mol. The highest BCUT2D eigenvalue weighted by atomic mass is 32.1. The summed E-state index contributed by atoms with van der Waals surface area (Å²) in [6, 6.07) is 8.42. The summed E-state index contributed by atoms with van der Waals surface area (Å²) in [6.45, 7) is 5.40. The third kappa shape index (κ3) is 3.51. The SMILES string of the molecule is Cc1nc(C(=O)N(Cc2ccccc2)C(C)C(=O)O)c(C)s1. The van der Waals surface area contributed by atoms with Crippen molar-refractivity contribution >= 4 is 23.2 Å². The Morgan fingerprint density at radius 1 is 1.27 bits per heavy atom. The Kier molecular flexibility index (Phi) is 4.92. The van der Waals surface area contributed by atoms with E-state index in [0.29, 0.717) is 5.69 Å². The minimum absolute atomic E-state index is 0.239. The van der Waals surface area contributed by atoms with Crippen LogP contribution in [0.2, 0.25) is 0 Å². The zero-order valence-corrected chi connectivity index (χ0v) is 13.6. The maximum absolute atomic E-state index is 12.7. The van der Waals surface area contributed by atoms with E-state index >= 15 is 0 Å². The van der Waals surface area contributed by atoms with Gasteiger partial charge >= 0.3 is 5.97 Å². The summed E-state index contributed by atoms with van der Waals surface area (Å²) in [5, 5.41) is 10.1. The van der Waals surface area contributed by atoms with Gasteiger partial charge in [-0.15, -0.1) is 11.3 Å². The fourth-order valence-corrected chi connectivity index (χ4v) is 2.97. The van der Waals surface area contributed by atoms with Crippen LogP contribution in [0, 0.1) is 13.8 Å². The summed E-state index contributed by atoms with van der Waals surface area (Å²) in [7, 11) is 0. The van der Waals surface area contributed by atoms with Gasteiger partial charge in [0, 0.05) is 11.4 Å². The van der Waals surface area contributed by atoms with Crippen molar-refractivity contribution in [1.82, 2.24) is 9.88 Å². The number of benzene rings is 1. The Morgan fingerprint density at radius 2 is 1.91 bits per heavy atom. The highest BCUT2D eigenvalue weighted by Crippen LogP contribution is 2.20. The minimum Gasteiger partial charge on any atom is -0.480 e. The Labute approximate surface area is 133 Å². The molecule has 0 aliphatic heterocycles. The second kappa shape index (κ2) is 6.70. The van der Waals surface area contributed by atoms with Crippen molar-refractivity contribution in [2.45, 2.75) is 33.4 Å². The van der Waals surface area contributed by atoms with Crippen molar-refractivity contribution in [3.8, 4) is 0 Å². The van der Waals surface area contributed by atoms with Gasteiger partial charge in [-0.05, 0) is 26.3 Å². The molecule has 1 atom stereocenters. The van der Waals surface area contributed by atoms with Crippen LogP contribution in [0.15, 0.2) is 30.3 Å². The number of thiazole rings is 1. The van der Waals surface area contributed by atoms with Crippen molar-refractivity contribution in [2.24, 2.45) is 0 Å². The van der Waals surface area contributed by atoms with Crippen LogP contribution in [0.5, 0.6) is 0 Å². The molecule has 116 valence electrons. The molecule has 0 spiro atoms. The first kappa shape index (κ1) is 16.2. The molecule has 1 unspecified atom stereocenters. The van der Waals surface area contributed by atoms with Gasteiger partial charge in [-0.25, -0.2) is 9.78 Å². The van der Waals surface area contributed by atoms with Crippen molar-refractivity contribution in [2.75, 3.05) is 0 Å². The van der Waals surface area contributed by atoms with Gasteiger partial charge in [-0.3, -0.25) is 4.79 Å². The number of nitrogens with zero attached hydrogens (tertiary/aromatic N) is 2. The Morgan fingerprint density at radius 3 is 2.41 bits per heavy atom. The highest BCUT2D eigenvalue weighted by molar-refractivity contribution is 7.11. The van der Waals surface area contributed by atoms with Crippen LogP contribution >= 0.6 is 11.3 Å². The third-order valence-corrected chi connectivity index (χ3v) is 4.27. The number of hydrogen-bond donors (Lipinski definition) is 1. The molecule has 0 fully saturated rings. The number of carbonyl (C=O) groups excluding carboxylic acids is 1. The van der Waals surface area contributed by atoms with Crippen LogP contribution < -0.4 is 0 Å². The Balaban J connectivity index is 2.33. The maximum Gasteiger partial charge on any atom is 0.326 e. The first-order valence-electron chi connectivity index (χ1n) is 6.92. The van der Waals surface area contributed by atoms with E-state index in [2.05, 4.69) is 4.98 Å². The van der Waals surface area contributed by atoms with E-state index in [4.69, 9.17) is 0 Å². The molecule has 1 aromatic carbocycles. The summed E-state index contributed by atoms with van der Waals surface area (Å²) in [4.78, 5) is 30.5. The number of rotatable bonds is 5. The molecule has 0 saturated heterocycles. The van der Waals surface area contributed by atoms with Gasteiger partial charge in [0.05, 0.1) is 5.01 Å². The standard InChI is InChI=1S/C16H18N2O3S/c1-10(16(20)21)18(9-13-7-5-4-6-8-13)15(19)14-11(2)22-12(3)17-14/h4-8,10H,9H2,1-3H3,(H,20,21). The lowest BCUT2D eigenvalue weighted by Crippen LogP contribution is -2.43. The van der Waals surface area contributed by atoms with E-state index in [-0.39, 0.29) is 12.5 Å². The molecule has 0 radical (unpaired) electrons. The van der Waals surface area contributed by atoms with E-state index in [0.717, 1.165) is 15.4 Å². The van der Waals surface area contributed by atoms with Crippen molar-refractivity contribution in [3.63, 3.8) is 0 Å². The number of amides is 1. The van der Waals surface area contributed by atoms with Crippen molar-refractivity contribution in [3.05, 3.63) is 51.5 Å². The quantitative estimate of drug-likeness (QED) is 0.920. The van der Waals surface area contributed by atoms with Crippen LogP contribution in [-0.4, -0.2) is 32.9 Å². The molecule has 0 bridgehead atoms. The predicted molar refractivity (Wildman–Crippen MR) is 85.0 cm³/mol. The van der Waals surface area contributed by atoms with Gasteiger partial charge in [0.25, 0.3) is 5.91 Å². The second-order valence-corrected chi connectivity index (χ2v) is 6.48. The molecule has 22 heavy (non-hydrogen) atoms. The molecule has 5 nitrogen and oxygen atoms in total. The summed E-state index contributed by atoms with van der Waals surface area (Å²) in [5.74, 6) is -1.38. The molecule has 0 aliphatic rings. The summed E-state index contributed by atoms with van der Waals surface area (Å²) in [5.41, 5.74) is 1.22. The smallest absolute Gasteiger partial charge is 0.326 e. The van der Waals surface area contributed by atoms with Crippen LogP contribution in [0.1, 0.15) is 32.9 Å². The first-order chi connectivity index (χ1) is 10.4.